The first-order valence-electron chi connectivity index (χ1n) is 7.28. The second-order valence-corrected chi connectivity index (χ2v) is 7.62. The van der Waals surface area contributed by atoms with Gasteiger partial charge in [-0.1, -0.05) is 23.4 Å². The van der Waals surface area contributed by atoms with Gasteiger partial charge in [0.25, 0.3) is 11.1 Å². The molecule has 0 aromatic carbocycles. The maximum atomic E-state index is 12.3. The van der Waals surface area contributed by atoms with E-state index in [-0.39, 0.29) is 11.1 Å². The Morgan fingerprint density at radius 3 is 2.92 bits per heavy atom. The van der Waals surface area contributed by atoms with Gasteiger partial charge in [0.1, 0.15) is 10.5 Å². The van der Waals surface area contributed by atoms with E-state index in [4.69, 9.17) is 11.6 Å². The first kappa shape index (κ1) is 16.3. The normalized spacial score (nSPS) is 11.4. The van der Waals surface area contributed by atoms with Crippen LogP contribution in [0.3, 0.4) is 0 Å². The van der Waals surface area contributed by atoms with E-state index >= 15 is 0 Å². The molecule has 4 aromatic heterocycles. The van der Waals surface area contributed by atoms with Crippen molar-refractivity contribution in [3.8, 4) is 0 Å². The molecule has 0 atom stereocenters. The highest BCUT2D eigenvalue weighted by Crippen LogP contribution is 2.23. The van der Waals surface area contributed by atoms with Crippen LogP contribution in [0.4, 0.5) is 0 Å². The Morgan fingerprint density at radius 2 is 2.08 bits per heavy atom. The third-order valence-corrected chi connectivity index (χ3v) is 5.78. The summed E-state index contributed by atoms with van der Waals surface area (Å²) >= 11 is 8.72. The summed E-state index contributed by atoms with van der Waals surface area (Å²) < 4.78 is 2.93. The quantitative estimate of drug-likeness (QED) is 0.397. The molecule has 0 saturated carbocycles. The number of hydrogen-bond acceptors (Lipinski definition) is 6. The minimum absolute atomic E-state index is 0.0741. The van der Waals surface area contributed by atoms with Gasteiger partial charge in [-0.15, -0.1) is 11.3 Å². The highest BCUT2D eigenvalue weighted by molar-refractivity contribution is 7.98. The molecule has 0 aliphatic rings. The Labute approximate surface area is 154 Å². The molecule has 126 valence electrons. The fraction of sp³-hybridized carbons (Fsp3) is 0.125. The van der Waals surface area contributed by atoms with Crippen molar-refractivity contribution in [1.82, 2.24) is 18.9 Å². The van der Waals surface area contributed by atoms with Gasteiger partial charge in [0.2, 0.25) is 0 Å². The Balaban J connectivity index is 1.69. The van der Waals surface area contributed by atoms with Crippen LogP contribution in [0.2, 0.25) is 5.02 Å². The molecule has 0 spiro atoms. The molecule has 0 bridgehead atoms. The second kappa shape index (κ2) is 6.29. The van der Waals surface area contributed by atoms with Crippen molar-refractivity contribution in [3.05, 3.63) is 67.3 Å². The zero-order valence-corrected chi connectivity index (χ0v) is 15.4. The number of hydrogen-bond donors (Lipinski definition) is 0. The van der Waals surface area contributed by atoms with Crippen molar-refractivity contribution in [2.75, 3.05) is 0 Å². The summed E-state index contributed by atoms with van der Waals surface area (Å²) in [7, 11) is 1.69. The lowest BCUT2D eigenvalue weighted by molar-refractivity contribution is 0.727. The maximum Gasteiger partial charge on any atom is 0.262 e. The highest BCUT2D eigenvalue weighted by atomic mass is 35.5. The Hall–Kier alpha value is -2.16. The number of rotatable bonds is 3. The number of thioether (sulfide) groups is 1. The summed E-state index contributed by atoms with van der Waals surface area (Å²) in [4.78, 5) is 34.2. The van der Waals surface area contributed by atoms with E-state index in [1.54, 1.807) is 31.4 Å². The molecule has 0 unspecified atom stereocenters. The third kappa shape index (κ3) is 2.97. The number of nitrogens with zero attached hydrogens (tertiary/aromatic N) is 4. The van der Waals surface area contributed by atoms with E-state index in [1.165, 1.54) is 38.1 Å². The molecule has 0 aliphatic heterocycles. The van der Waals surface area contributed by atoms with Gasteiger partial charge in [0, 0.05) is 25.1 Å². The van der Waals surface area contributed by atoms with Crippen LogP contribution in [-0.2, 0) is 12.8 Å². The van der Waals surface area contributed by atoms with E-state index in [1.807, 2.05) is 5.38 Å². The van der Waals surface area contributed by atoms with Gasteiger partial charge in [-0.25, -0.2) is 9.97 Å². The van der Waals surface area contributed by atoms with Crippen LogP contribution in [0.1, 0.15) is 5.69 Å². The first-order valence-corrected chi connectivity index (χ1v) is 9.52. The molecule has 25 heavy (non-hydrogen) atoms. The molecule has 4 heterocycles. The molecule has 4 aromatic rings. The number of aromatic nitrogens is 4. The van der Waals surface area contributed by atoms with Crippen molar-refractivity contribution < 1.29 is 0 Å². The molecule has 9 heteroatoms. The van der Waals surface area contributed by atoms with Gasteiger partial charge >= 0.3 is 0 Å². The molecule has 0 saturated heterocycles. The van der Waals surface area contributed by atoms with Gasteiger partial charge in [0.05, 0.1) is 16.1 Å². The second-order valence-electron chi connectivity index (χ2n) is 5.35. The summed E-state index contributed by atoms with van der Waals surface area (Å²) in [5.74, 6) is 0.436. The molecular weight excluding hydrogens is 380 g/mol. The lowest BCUT2D eigenvalue weighted by Crippen LogP contribution is -2.19. The topological polar surface area (TPSA) is 69.3 Å². The lowest BCUT2D eigenvalue weighted by Gasteiger charge is -2.07. The Bertz CT molecular complexity index is 1230. The molecule has 4 rings (SSSR count). The lowest BCUT2D eigenvalue weighted by atomic mass is 10.4. The Morgan fingerprint density at radius 1 is 1.24 bits per heavy atom. The SMILES string of the molecule is Cn1c(SCc2cc(=O)n3cc(Cl)ccc3n2)nc2sccc2c1=O. The third-order valence-electron chi connectivity index (χ3n) is 3.69. The van der Waals surface area contributed by atoms with Crippen LogP contribution in [0.25, 0.3) is 15.9 Å². The van der Waals surface area contributed by atoms with Gasteiger partial charge in [0.15, 0.2) is 5.16 Å². The zero-order chi connectivity index (χ0) is 17.6. The van der Waals surface area contributed by atoms with Crippen molar-refractivity contribution >= 4 is 50.6 Å². The average molecular weight is 391 g/mol. The number of halogens is 1. The van der Waals surface area contributed by atoms with E-state index in [9.17, 15) is 9.59 Å². The smallest absolute Gasteiger partial charge is 0.262 e. The van der Waals surface area contributed by atoms with Gasteiger partial charge in [-0.2, -0.15) is 0 Å². The first-order chi connectivity index (χ1) is 12.0. The highest BCUT2D eigenvalue weighted by Gasteiger charge is 2.11. The predicted molar refractivity (Wildman–Crippen MR) is 101 cm³/mol. The van der Waals surface area contributed by atoms with Crippen LogP contribution in [0.5, 0.6) is 0 Å². The fourth-order valence-corrected chi connectivity index (χ4v) is 4.28. The summed E-state index contributed by atoms with van der Waals surface area (Å²) in [5, 5.41) is 3.54. The summed E-state index contributed by atoms with van der Waals surface area (Å²) in [6, 6.07) is 6.64. The van der Waals surface area contributed by atoms with Crippen LogP contribution in [0, 0.1) is 0 Å². The van der Waals surface area contributed by atoms with Crippen molar-refractivity contribution in [2.24, 2.45) is 7.05 Å². The van der Waals surface area contributed by atoms with Crippen molar-refractivity contribution in [3.63, 3.8) is 0 Å². The molecule has 0 amide bonds. The largest absolute Gasteiger partial charge is 0.290 e. The Kier molecular flexibility index (Phi) is 4.10. The average Bonchev–Trinajstić information content (AvgIpc) is 3.06. The maximum absolute atomic E-state index is 12.3. The van der Waals surface area contributed by atoms with Crippen LogP contribution in [0.15, 0.2) is 50.6 Å². The molecule has 0 radical (unpaired) electrons. The summed E-state index contributed by atoms with van der Waals surface area (Å²) in [6.45, 7) is 0. The van der Waals surface area contributed by atoms with Gasteiger partial charge < -0.3 is 0 Å². The van der Waals surface area contributed by atoms with Crippen LogP contribution >= 0.6 is 34.7 Å². The molecule has 0 aliphatic carbocycles. The fourth-order valence-electron chi connectivity index (χ4n) is 2.45. The monoisotopic (exact) mass is 390 g/mol. The van der Waals surface area contributed by atoms with E-state index in [2.05, 4.69) is 9.97 Å². The molecule has 0 N–H and O–H groups in total. The standard InChI is InChI=1S/C16H11ClN4O2S2/c1-20-15(23)11-4-5-24-14(11)19-16(20)25-8-10-6-13(22)21-7-9(17)2-3-12(21)18-10/h2-7H,8H2,1H3. The minimum atomic E-state index is -0.196. The summed E-state index contributed by atoms with van der Waals surface area (Å²) in [5.41, 5.74) is 0.884. The van der Waals surface area contributed by atoms with Gasteiger partial charge in [-0.05, 0) is 23.6 Å². The number of pyridine rings is 1. The molecule has 6 nitrogen and oxygen atoms in total. The summed E-state index contributed by atoms with van der Waals surface area (Å²) in [6.07, 6.45) is 1.54. The van der Waals surface area contributed by atoms with Gasteiger partial charge in [-0.3, -0.25) is 18.6 Å². The van der Waals surface area contributed by atoms with E-state index in [0.29, 0.717) is 37.5 Å². The molecular formula is C16H11ClN4O2S2. The van der Waals surface area contributed by atoms with Crippen LogP contribution in [-0.4, -0.2) is 18.9 Å². The van der Waals surface area contributed by atoms with Crippen molar-refractivity contribution in [2.45, 2.75) is 10.9 Å². The van der Waals surface area contributed by atoms with E-state index in [0.717, 1.165) is 0 Å². The minimum Gasteiger partial charge on any atom is -0.290 e. The number of fused-ring (bicyclic) bond motifs is 2. The zero-order valence-electron chi connectivity index (χ0n) is 13.0. The molecule has 0 fully saturated rings. The van der Waals surface area contributed by atoms with Crippen molar-refractivity contribution in [1.29, 1.82) is 0 Å². The van der Waals surface area contributed by atoms with E-state index < -0.39 is 0 Å². The van der Waals surface area contributed by atoms with Crippen LogP contribution < -0.4 is 11.1 Å². The number of thiophene rings is 1. The predicted octanol–water partition coefficient (Wildman–Crippen LogP) is 2.95.